The number of hydrogen-bond acceptors (Lipinski definition) is 5. The molecule has 6 rings (SSSR count). The van der Waals surface area contributed by atoms with E-state index in [4.69, 9.17) is 9.84 Å². The van der Waals surface area contributed by atoms with Crippen molar-refractivity contribution < 1.29 is 9.53 Å². The number of amides is 1. The van der Waals surface area contributed by atoms with Crippen LogP contribution >= 0.6 is 0 Å². The van der Waals surface area contributed by atoms with E-state index in [0.29, 0.717) is 12.8 Å². The fourth-order valence-electron chi connectivity index (χ4n) is 5.27. The van der Waals surface area contributed by atoms with Crippen molar-refractivity contribution in [2.24, 2.45) is 0 Å². The zero-order valence-corrected chi connectivity index (χ0v) is 17.3. The fraction of sp³-hybridized carbons (Fsp3) is 0.375. The van der Waals surface area contributed by atoms with Gasteiger partial charge in [-0.1, -0.05) is 30.3 Å². The molecule has 2 atom stereocenters. The van der Waals surface area contributed by atoms with Crippen LogP contribution in [0.4, 0.5) is 5.82 Å². The summed E-state index contributed by atoms with van der Waals surface area (Å²) < 4.78 is 8.31. The Balaban J connectivity index is 1.17. The second-order valence-electron chi connectivity index (χ2n) is 8.59. The second-order valence-corrected chi connectivity index (χ2v) is 8.59. The number of nitrogens with zero attached hydrogens (tertiary/aromatic N) is 5. The van der Waals surface area contributed by atoms with Gasteiger partial charge in [-0.3, -0.25) is 9.78 Å². The van der Waals surface area contributed by atoms with Crippen LogP contribution in [0.25, 0.3) is 5.69 Å². The lowest BCUT2D eigenvalue weighted by atomic mass is 9.89. The number of pyridine rings is 1. The van der Waals surface area contributed by atoms with Crippen molar-refractivity contribution in [3.63, 3.8) is 0 Å². The molecule has 5 heterocycles. The van der Waals surface area contributed by atoms with E-state index in [0.717, 1.165) is 37.4 Å². The third kappa shape index (κ3) is 3.03. The molecule has 3 aliphatic heterocycles. The summed E-state index contributed by atoms with van der Waals surface area (Å²) in [5.74, 6) is 1.10. The van der Waals surface area contributed by atoms with Gasteiger partial charge in [0.25, 0.3) is 5.91 Å². The van der Waals surface area contributed by atoms with Gasteiger partial charge in [0, 0.05) is 50.6 Å². The summed E-state index contributed by atoms with van der Waals surface area (Å²) in [5.41, 5.74) is 1.51. The van der Waals surface area contributed by atoms with E-state index in [1.807, 2.05) is 52.2 Å². The second kappa shape index (κ2) is 7.20. The van der Waals surface area contributed by atoms with Crippen molar-refractivity contribution in [3.05, 3.63) is 72.7 Å². The molecule has 158 valence electrons. The van der Waals surface area contributed by atoms with Crippen LogP contribution in [0.5, 0.6) is 0 Å². The van der Waals surface area contributed by atoms with Crippen molar-refractivity contribution in [3.8, 4) is 5.69 Å². The summed E-state index contributed by atoms with van der Waals surface area (Å²) in [4.78, 5) is 21.9. The van der Waals surface area contributed by atoms with E-state index in [1.165, 1.54) is 5.56 Å². The van der Waals surface area contributed by atoms with Crippen LogP contribution in [0.2, 0.25) is 0 Å². The molecular weight excluding hydrogens is 390 g/mol. The van der Waals surface area contributed by atoms with Gasteiger partial charge in [-0.15, -0.1) is 0 Å². The van der Waals surface area contributed by atoms with Gasteiger partial charge in [0.1, 0.15) is 6.23 Å². The first-order valence-electron chi connectivity index (χ1n) is 11.0. The summed E-state index contributed by atoms with van der Waals surface area (Å²) in [6.45, 7) is 1.52. The Hall–Kier alpha value is -3.19. The molecule has 0 bridgehead atoms. The zero-order valence-electron chi connectivity index (χ0n) is 17.3. The highest BCUT2D eigenvalue weighted by Gasteiger charge is 2.57. The molecule has 7 nitrogen and oxygen atoms in total. The molecule has 31 heavy (non-hydrogen) atoms. The normalized spacial score (nSPS) is 24.7. The molecule has 1 aromatic carbocycles. The largest absolute Gasteiger partial charge is 0.355 e. The smallest absolute Gasteiger partial charge is 0.257 e. The number of ether oxygens (including phenoxy) is 1. The third-order valence-corrected chi connectivity index (χ3v) is 6.90. The highest BCUT2D eigenvalue weighted by molar-refractivity contribution is 5.88. The molecule has 0 aliphatic carbocycles. The zero-order chi connectivity index (χ0) is 20.8. The number of carbonyl (C=O) groups excluding carboxylic acids is 1. The van der Waals surface area contributed by atoms with Gasteiger partial charge < -0.3 is 14.5 Å². The number of piperidine rings is 1. The topological polar surface area (TPSA) is 63.5 Å². The molecule has 3 aliphatic rings. The van der Waals surface area contributed by atoms with Crippen LogP contribution in [0, 0.1) is 0 Å². The van der Waals surface area contributed by atoms with E-state index >= 15 is 0 Å². The standard InChI is InChI=1S/C24H25N5O2/c30-23-24(31-22-7-6-20(29(22)23)18-4-2-1-3-5-18)11-16-27(17-12-24)21-10-15-28(26-21)19-8-13-25-14-9-19/h1-5,8-10,13-15,20,22H,6-7,11-12,16-17H2/t20-,22?/m0/s1. The maximum Gasteiger partial charge on any atom is 0.257 e. The minimum absolute atomic E-state index is 0.0878. The Kier molecular flexibility index (Phi) is 4.31. The van der Waals surface area contributed by atoms with Crippen molar-refractivity contribution in [1.29, 1.82) is 0 Å². The SMILES string of the molecule is O=C1N2C(CC[C@H]2c2ccccc2)OC12CCN(c1ccn(-c3ccncc3)n1)CC2. The quantitative estimate of drug-likeness (QED) is 0.657. The molecule has 0 N–H and O–H groups in total. The number of aromatic nitrogens is 3. The van der Waals surface area contributed by atoms with Crippen LogP contribution in [-0.4, -0.2) is 50.5 Å². The Morgan fingerprint density at radius 1 is 0.968 bits per heavy atom. The number of benzene rings is 1. The fourth-order valence-corrected chi connectivity index (χ4v) is 5.27. The molecule has 1 amide bonds. The summed E-state index contributed by atoms with van der Waals surface area (Å²) in [7, 11) is 0. The summed E-state index contributed by atoms with van der Waals surface area (Å²) in [6, 6.07) is 16.4. The van der Waals surface area contributed by atoms with Crippen molar-refractivity contribution in [2.45, 2.75) is 43.6 Å². The molecule has 2 aromatic heterocycles. The van der Waals surface area contributed by atoms with E-state index in [1.54, 1.807) is 12.4 Å². The van der Waals surface area contributed by atoms with Crippen molar-refractivity contribution >= 4 is 11.7 Å². The van der Waals surface area contributed by atoms with Gasteiger partial charge in [-0.2, -0.15) is 5.10 Å². The van der Waals surface area contributed by atoms with Gasteiger partial charge in [0.15, 0.2) is 11.4 Å². The monoisotopic (exact) mass is 415 g/mol. The minimum atomic E-state index is -0.678. The van der Waals surface area contributed by atoms with Crippen LogP contribution in [0.3, 0.4) is 0 Å². The molecule has 0 saturated carbocycles. The molecule has 7 heteroatoms. The number of fused-ring (bicyclic) bond motifs is 1. The molecule has 3 fully saturated rings. The molecule has 0 radical (unpaired) electrons. The molecule has 3 saturated heterocycles. The van der Waals surface area contributed by atoms with Crippen molar-refractivity contribution in [2.75, 3.05) is 18.0 Å². The first kappa shape index (κ1) is 18.6. The van der Waals surface area contributed by atoms with Crippen LogP contribution < -0.4 is 4.90 Å². The third-order valence-electron chi connectivity index (χ3n) is 6.90. The maximum atomic E-state index is 13.5. The van der Waals surface area contributed by atoms with Gasteiger partial charge in [0.2, 0.25) is 0 Å². The number of rotatable bonds is 3. The minimum Gasteiger partial charge on any atom is -0.355 e. The highest BCUT2D eigenvalue weighted by Crippen LogP contribution is 2.47. The first-order chi connectivity index (χ1) is 15.2. The average Bonchev–Trinajstić information content (AvgIpc) is 3.53. The number of anilines is 1. The molecule has 1 spiro atoms. The lowest BCUT2D eigenvalue weighted by Crippen LogP contribution is -2.50. The van der Waals surface area contributed by atoms with Crippen LogP contribution in [-0.2, 0) is 9.53 Å². The van der Waals surface area contributed by atoms with E-state index in [-0.39, 0.29) is 18.2 Å². The van der Waals surface area contributed by atoms with Crippen LogP contribution in [0.15, 0.2) is 67.1 Å². The van der Waals surface area contributed by atoms with Crippen molar-refractivity contribution in [1.82, 2.24) is 19.7 Å². The highest BCUT2D eigenvalue weighted by atomic mass is 16.6. The van der Waals surface area contributed by atoms with Gasteiger partial charge in [-0.05, 0) is 30.5 Å². The van der Waals surface area contributed by atoms with E-state index < -0.39 is 5.60 Å². The Morgan fingerprint density at radius 3 is 2.52 bits per heavy atom. The summed E-state index contributed by atoms with van der Waals surface area (Å²) in [5, 5.41) is 4.73. The first-order valence-corrected chi connectivity index (χ1v) is 11.0. The van der Waals surface area contributed by atoms with Gasteiger partial charge in [-0.25, -0.2) is 4.68 Å². The van der Waals surface area contributed by atoms with E-state index in [2.05, 4.69) is 22.0 Å². The van der Waals surface area contributed by atoms with E-state index in [9.17, 15) is 4.79 Å². The van der Waals surface area contributed by atoms with Crippen LogP contribution in [0.1, 0.15) is 37.3 Å². The molecular formula is C24H25N5O2. The maximum absolute atomic E-state index is 13.5. The lowest BCUT2D eigenvalue weighted by Gasteiger charge is -2.37. The predicted octanol–water partition coefficient (Wildman–Crippen LogP) is 3.33. The number of hydrogen-bond donors (Lipinski definition) is 0. The Morgan fingerprint density at radius 2 is 1.74 bits per heavy atom. The average molecular weight is 415 g/mol. The Bertz CT molecular complexity index is 1080. The lowest BCUT2D eigenvalue weighted by molar-refractivity contribution is -0.140. The predicted molar refractivity (Wildman–Crippen MR) is 116 cm³/mol. The summed E-state index contributed by atoms with van der Waals surface area (Å²) >= 11 is 0. The Labute approximate surface area is 181 Å². The van der Waals surface area contributed by atoms with Gasteiger partial charge >= 0.3 is 0 Å². The number of carbonyl (C=O) groups is 1. The molecule has 3 aromatic rings. The summed E-state index contributed by atoms with van der Waals surface area (Å²) in [6.07, 6.45) is 8.67. The molecule has 1 unspecified atom stereocenters. The van der Waals surface area contributed by atoms with Gasteiger partial charge in [0.05, 0.1) is 11.7 Å².